The highest BCUT2D eigenvalue weighted by Gasteiger charge is 2.42. The summed E-state index contributed by atoms with van der Waals surface area (Å²) >= 11 is 0. The maximum absolute atomic E-state index is 12.8. The molecule has 0 bridgehead atoms. The lowest BCUT2D eigenvalue weighted by atomic mass is 9.97. The number of halogens is 6. The van der Waals surface area contributed by atoms with Crippen LogP contribution in [0.2, 0.25) is 0 Å². The molecule has 1 atom stereocenters. The van der Waals surface area contributed by atoms with Gasteiger partial charge in [-0.2, -0.15) is 26.3 Å². The van der Waals surface area contributed by atoms with Crippen molar-refractivity contribution in [1.82, 2.24) is 9.97 Å². The summed E-state index contributed by atoms with van der Waals surface area (Å²) < 4.78 is 79.0. The maximum atomic E-state index is 12.8. The molecular formula is C14H13F6N3O. The molecule has 1 unspecified atom stereocenters. The molecule has 0 aliphatic carbocycles. The Hall–Kier alpha value is -2.18. The number of nitrogens with zero attached hydrogens (tertiary/aromatic N) is 3. The fourth-order valence-corrected chi connectivity index (χ4v) is 2.28. The van der Waals surface area contributed by atoms with Crippen LogP contribution in [0.1, 0.15) is 12.8 Å². The first kappa shape index (κ1) is 18.2. The molecule has 1 aromatic rings. The first-order valence-corrected chi connectivity index (χ1v) is 6.98. The van der Waals surface area contributed by atoms with Crippen molar-refractivity contribution in [2.24, 2.45) is 5.92 Å². The summed E-state index contributed by atoms with van der Waals surface area (Å²) in [7, 11) is 0. The average molecular weight is 353 g/mol. The zero-order valence-electron chi connectivity index (χ0n) is 12.3. The third-order valence-corrected chi connectivity index (χ3v) is 3.36. The normalized spacial score (nSPS) is 18.8. The SMILES string of the molecule is FC(F)(F)C#CCOc1cc(N2CCCC(C(F)(F)F)C2)ncn1. The summed E-state index contributed by atoms with van der Waals surface area (Å²) in [5.41, 5.74) is 0. The van der Waals surface area contributed by atoms with Crippen molar-refractivity contribution >= 4 is 5.82 Å². The zero-order valence-corrected chi connectivity index (χ0v) is 12.3. The van der Waals surface area contributed by atoms with E-state index in [1.54, 1.807) is 5.92 Å². The van der Waals surface area contributed by atoms with Gasteiger partial charge < -0.3 is 9.64 Å². The van der Waals surface area contributed by atoms with Crippen LogP contribution in [0.4, 0.5) is 32.2 Å². The van der Waals surface area contributed by atoms with Crippen LogP contribution < -0.4 is 9.64 Å². The Kier molecular flexibility index (Phi) is 5.41. The lowest BCUT2D eigenvalue weighted by molar-refractivity contribution is -0.176. The van der Waals surface area contributed by atoms with Crippen LogP contribution in [0.3, 0.4) is 0 Å². The Balaban J connectivity index is 2.00. The van der Waals surface area contributed by atoms with E-state index >= 15 is 0 Å². The van der Waals surface area contributed by atoms with Crippen LogP contribution in [0, 0.1) is 17.8 Å². The Labute approximate surface area is 133 Å². The summed E-state index contributed by atoms with van der Waals surface area (Å²) in [4.78, 5) is 9.06. The topological polar surface area (TPSA) is 38.2 Å². The molecular weight excluding hydrogens is 340 g/mol. The monoisotopic (exact) mass is 353 g/mol. The summed E-state index contributed by atoms with van der Waals surface area (Å²) in [6, 6.07) is 1.29. The fourth-order valence-electron chi connectivity index (χ4n) is 2.28. The number of piperidine rings is 1. The number of ether oxygens (including phenoxy) is 1. The van der Waals surface area contributed by atoms with Gasteiger partial charge in [0.2, 0.25) is 5.88 Å². The van der Waals surface area contributed by atoms with Gasteiger partial charge in [-0.3, -0.25) is 0 Å². The van der Waals surface area contributed by atoms with E-state index in [9.17, 15) is 26.3 Å². The van der Waals surface area contributed by atoms with Gasteiger partial charge in [0.05, 0.1) is 5.92 Å². The fraction of sp³-hybridized carbons (Fsp3) is 0.571. The molecule has 0 aromatic carbocycles. The van der Waals surface area contributed by atoms with Crippen molar-refractivity contribution in [3.63, 3.8) is 0 Å². The third-order valence-electron chi connectivity index (χ3n) is 3.36. The summed E-state index contributed by atoms with van der Waals surface area (Å²) in [5.74, 6) is 1.56. The highest BCUT2D eigenvalue weighted by Crippen LogP contribution is 2.34. The number of hydrogen-bond acceptors (Lipinski definition) is 4. The second-order valence-electron chi connectivity index (χ2n) is 5.13. The highest BCUT2D eigenvalue weighted by atomic mass is 19.4. The third kappa shape index (κ3) is 5.47. The minimum Gasteiger partial charge on any atom is -0.464 e. The van der Waals surface area contributed by atoms with E-state index in [2.05, 4.69) is 9.97 Å². The molecule has 0 saturated carbocycles. The molecule has 1 saturated heterocycles. The van der Waals surface area contributed by atoms with E-state index in [1.165, 1.54) is 11.0 Å². The minimum atomic E-state index is -4.61. The Morgan fingerprint density at radius 1 is 1.21 bits per heavy atom. The molecule has 1 fully saturated rings. The second-order valence-corrected chi connectivity index (χ2v) is 5.13. The van der Waals surface area contributed by atoms with Gasteiger partial charge in [0.1, 0.15) is 12.1 Å². The number of rotatable bonds is 3. The van der Waals surface area contributed by atoms with Crippen molar-refractivity contribution in [2.75, 3.05) is 24.6 Å². The van der Waals surface area contributed by atoms with E-state index < -0.39 is 24.9 Å². The van der Waals surface area contributed by atoms with Gasteiger partial charge in [0, 0.05) is 25.1 Å². The molecule has 2 heterocycles. The van der Waals surface area contributed by atoms with Crippen LogP contribution in [-0.2, 0) is 0 Å². The highest BCUT2D eigenvalue weighted by molar-refractivity contribution is 5.41. The van der Waals surface area contributed by atoms with Crippen LogP contribution in [0.15, 0.2) is 12.4 Å². The number of aromatic nitrogens is 2. The number of anilines is 1. The summed E-state index contributed by atoms with van der Waals surface area (Å²) in [6.45, 7) is -0.369. The Bertz CT molecular complexity index is 619. The molecule has 2 rings (SSSR count). The Morgan fingerprint density at radius 2 is 1.96 bits per heavy atom. The lowest BCUT2D eigenvalue weighted by Crippen LogP contribution is -2.42. The van der Waals surface area contributed by atoms with Gasteiger partial charge in [0.25, 0.3) is 0 Å². The molecule has 0 spiro atoms. The molecule has 24 heavy (non-hydrogen) atoms. The standard InChI is InChI=1S/C14H13F6N3O/c15-13(16,17)4-2-6-24-12-7-11(21-9-22-12)23-5-1-3-10(8-23)14(18,19)20/h7,9-10H,1,3,5-6,8H2. The molecule has 1 aromatic heterocycles. The first-order valence-electron chi connectivity index (χ1n) is 6.98. The van der Waals surface area contributed by atoms with Crippen molar-refractivity contribution in [3.05, 3.63) is 12.4 Å². The molecule has 0 radical (unpaired) electrons. The predicted molar refractivity (Wildman–Crippen MR) is 72.4 cm³/mol. The molecule has 0 amide bonds. The summed E-state index contributed by atoms with van der Waals surface area (Å²) in [5, 5.41) is 0. The van der Waals surface area contributed by atoms with Crippen LogP contribution in [0.5, 0.6) is 5.88 Å². The van der Waals surface area contributed by atoms with Gasteiger partial charge in [-0.05, 0) is 12.8 Å². The Morgan fingerprint density at radius 3 is 2.62 bits per heavy atom. The second kappa shape index (κ2) is 7.15. The quantitative estimate of drug-likeness (QED) is 0.618. The molecule has 1 aliphatic rings. The van der Waals surface area contributed by atoms with Crippen molar-refractivity contribution in [2.45, 2.75) is 25.2 Å². The smallest absolute Gasteiger partial charge is 0.457 e. The number of hydrogen-bond donors (Lipinski definition) is 0. The zero-order chi connectivity index (χ0) is 17.8. The van der Waals surface area contributed by atoms with Crippen molar-refractivity contribution in [3.8, 4) is 17.7 Å². The minimum absolute atomic E-state index is 0.0504. The van der Waals surface area contributed by atoms with Crippen LogP contribution >= 0.6 is 0 Å². The molecule has 132 valence electrons. The molecule has 1 aliphatic heterocycles. The van der Waals surface area contributed by atoms with Gasteiger partial charge in [-0.25, -0.2) is 9.97 Å². The van der Waals surface area contributed by atoms with Gasteiger partial charge >= 0.3 is 12.4 Å². The van der Waals surface area contributed by atoms with E-state index in [4.69, 9.17) is 4.74 Å². The summed E-state index contributed by atoms with van der Waals surface area (Å²) in [6.07, 6.45) is -7.39. The lowest BCUT2D eigenvalue weighted by Gasteiger charge is -2.34. The van der Waals surface area contributed by atoms with E-state index in [-0.39, 0.29) is 24.7 Å². The van der Waals surface area contributed by atoms with E-state index in [1.807, 2.05) is 0 Å². The van der Waals surface area contributed by atoms with Gasteiger partial charge in [0.15, 0.2) is 6.61 Å². The van der Waals surface area contributed by atoms with Crippen molar-refractivity contribution in [1.29, 1.82) is 0 Å². The largest absolute Gasteiger partial charge is 0.464 e. The molecule has 4 nitrogen and oxygen atoms in total. The molecule has 0 N–H and O–H groups in total. The predicted octanol–water partition coefficient (Wildman–Crippen LogP) is 3.20. The maximum Gasteiger partial charge on any atom is 0.457 e. The van der Waals surface area contributed by atoms with Crippen molar-refractivity contribution < 1.29 is 31.1 Å². The molecule has 10 heteroatoms. The number of alkyl halides is 6. The van der Waals surface area contributed by atoms with E-state index in [0.29, 0.717) is 13.0 Å². The average Bonchev–Trinajstić information content (AvgIpc) is 2.50. The van der Waals surface area contributed by atoms with Gasteiger partial charge in [-0.1, -0.05) is 5.92 Å². The van der Waals surface area contributed by atoms with Gasteiger partial charge in [-0.15, -0.1) is 0 Å². The van der Waals surface area contributed by atoms with E-state index in [0.717, 1.165) is 12.2 Å². The van der Waals surface area contributed by atoms with Crippen LogP contribution in [0.25, 0.3) is 0 Å². The first-order chi connectivity index (χ1) is 11.1. The van der Waals surface area contributed by atoms with Crippen LogP contribution in [-0.4, -0.2) is 42.0 Å².